The average Bonchev–Trinajstić information content (AvgIpc) is 2.93. The molecule has 2 amide bonds. The summed E-state index contributed by atoms with van der Waals surface area (Å²) in [6.45, 7) is 1.72. The molecule has 0 aromatic heterocycles. The van der Waals surface area contributed by atoms with Crippen molar-refractivity contribution in [3.8, 4) is 23.0 Å². The van der Waals surface area contributed by atoms with Crippen LogP contribution in [0.25, 0.3) is 0 Å². The number of amides is 2. The van der Waals surface area contributed by atoms with Gasteiger partial charge in [-0.3, -0.25) is 14.5 Å². The van der Waals surface area contributed by atoms with Crippen LogP contribution in [0.2, 0.25) is 0 Å². The molecule has 3 aliphatic heterocycles. The van der Waals surface area contributed by atoms with E-state index in [2.05, 4.69) is 0 Å². The summed E-state index contributed by atoms with van der Waals surface area (Å²) < 4.78 is 22.7. The molecule has 1 fully saturated rings. The molecule has 1 atom stereocenters. The van der Waals surface area contributed by atoms with Crippen molar-refractivity contribution in [1.29, 1.82) is 0 Å². The molecule has 0 N–H and O–H groups in total. The van der Waals surface area contributed by atoms with E-state index in [1.54, 1.807) is 53.1 Å². The molecule has 0 spiro atoms. The minimum atomic E-state index is -0.849. The summed E-state index contributed by atoms with van der Waals surface area (Å²) in [5.74, 6) is 1.96. The van der Waals surface area contributed by atoms with Crippen LogP contribution in [0.4, 0.5) is 11.4 Å². The minimum Gasteiger partial charge on any atom is -0.486 e. The predicted octanol–water partition coefficient (Wildman–Crippen LogP) is 4.07. The molecule has 0 aliphatic carbocycles. The number of benzene rings is 3. The normalized spacial score (nSPS) is 18.9. The van der Waals surface area contributed by atoms with Crippen molar-refractivity contribution in [1.82, 2.24) is 0 Å². The van der Waals surface area contributed by atoms with E-state index in [0.29, 0.717) is 60.8 Å². The van der Waals surface area contributed by atoms with Crippen molar-refractivity contribution in [3.05, 3.63) is 66.2 Å². The number of rotatable bonds is 4. The maximum absolute atomic E-state index is 14.1. The van der Waals surface area contributed by atoms with Gasteiger partial charge in [0.2, 0.25) is 5.91 Å². The summed E-state index contributed by atoms with van der Waals surface area (Å²) in [6.07, 6.45) is 2.00. The predicted molar refractivity (Wildman–Crippen MR) is 136 cm³/mol. The molecule has 1 saturated heterocycles. The fourth-order valence-corrected chi connectivity index (χ4v) is 5.07. The number of nitrogens with zero attached hydrogens (tertiary/aromatic N) is 2. The highest BCUT2D eigenvalue weighted by Crippen LogP contribution is 2.41. The van der Waals surface area contributed by atoms with Crippen LogP contribution in [-0.2, 0) is 9.59 Å². The number of anilines is 2. The Labute approximate surface area is 212 Å². The number of piperazine rings is 1. The molecule has 0 bridgehead atoms. The first-order valence-corrected chi connectivity index (χ1v) is 12.9. The van der Waals surface area contributed by atoms with Gasteiger partial charge in [0.25, 0.3) is 5.91 Å². The Bertz CT molecular complexity index is 1330. The second kappa shape index (κ2) is 9.31. The molecule has 36 heavy (non-hydrogen) atoms. The molecule has 184 valence electrons. The highest BCUT2D eigenvalue weighted by Gasteiger charge is 2.42. The molecule has 6 rings (SSSR count). The summed E-state index contributed by atoms with van der Waals surface area (Å²) in [7, 11) is 0. The topological polar surface area (TPSA) is 77.5 Å². The largest absolute Gasteiger partial charge is 0.486 e. The van der Waals surface area contributed by atoms with Crippen molar-refractivity contribution >= 4 is 35.0 Å². The van der Waals surface area contributed by atoms with Crippen LogP contribution >= 0.6 is 11.8 Å². The quantitative estimate of drug-likeness (QED) is 0.496. The van der Waals surface area contributed by atoms with Gasteiger partial charge >= 0.3 is 0 Å². The van der Waals surface area contributed by atoms with Gasteiger partial charge in [-0.05, 0) is 48.2 Å². The summed E-state index contributed by atoms with van der Waals surface area (Å²) >= 11 is 1.62. The molecule has 0 unspecified atom stereocenters. The molecular formula is C27H24N2O6S. The van der Waals surface area contributed by atoms with Crippen LogP contribution in [0.3, 0.4) is 0 Å². The lowest BCUT2D eigenvalue weighted by atomic mass is 9.99. The second-order valence-electron chi connectivity index (χ2n) is 8.52. The first kappa shape index (κ1) is 22.6. The standard InChI is InChI=1S/C27H24N2O6S/c1-36-20-6-2-17(3-7-20)26-27(31)28(18-4-8-21-23(14-18)34-12-10-32-21)16-25(30)29(26)19-5-9-22-24(15-19)35-13-11-33-22/h2-9,14-15,26H,10-13,16H2,1H3/t26-/m1/s1. The van der Waals surface area contributed by atoms with Crippen LogP contribution in [0.5, 0.6) is 23.0 Å². The fraction of sp³-hybridized carbons (Fsp3) is 0.259. The van der Waals surface area contributed by atoms with E-state index in [1.165, 1.54) is 4.90 Å². The lowest BCUT2D eigenvalue weighted by Gasteiger charge is -2.41. The zero-order valence-corrected chi connectivity index (χ0v) is 20.5. The van der Waals surface area contributed by atoms with Gasteiger partial charge in [0.15, 0.2) is 23.0 Å². The van der Waals surface area contributed by atoms with Crippen molar-refractivity contribution in [3.63, 3.8) is 0 Å². The van der Waals surface area contributed by atoms with E-state index >= 15 is 0 Å². The summed E-state index contributed by atoms with van der Waals surface area (Å²) in [5, 5.41) is 0. The molecule has 0 saturated carbocycles. The number of hydrogen-bond donors (Lipinski definition) is 0. The highest BCUT2D eigenvalue weighted by molar-refractivity contribution is 7.98. The van der Waals surface area contributed by atoms with Gasteiger partial charge in [-0.2, -0.15) is 0 Å². The van der Waals surface area contributed by atoms with E-state index in [1.807, 2.05) is 30.5 Å². The number of fused-ring (bicyclic) bond motifs is 2. The van der Waals surface area contributed by atoms with E-state index in [4.69, 9.17) is 18.9 Å². The monoisotopic (exact) mass is 504 g/mol. The van der Waals surface area contributed by atoms with E-state index in [0.717, 1.165) is 10.5 Å². The molecule has 3 aromatic rings. The van der Waals surface area contributed by atoms with Gasteiger partial charge in [0.1, 0.15) is 39.0 Å². The van der Waals surface area contributed by atoms with Crippen molar-refractivity contribution < 1.29 is 28.5 Å². The van der Waals surface area contributed by atoms with E-state index < -0.39 is 6.04 Å². The summed E-state index contributed by atoms with van der Waals surface area (Å²) in [5.41, 5.74) is 1.90. The molecule has 3 aromatic carbocycles. The van der Waals surface area contributed by atoms with Crippen LogP contribution in [0, 0.1) is 0 Å². The SMILES string of the molecule is CSc1ccc([C@@H]2C(=O)N(c3ccc4c(c3)OCCO4)CC(=O)N2c2ccc3c(c2)OCCO3)cc1. The minimum absolute atomic E-state index is 0.105. The molecule has 9 heteroatoms. The van der Waals surface area contributed by atoms with Gasteiger partial charge in [-0.1, -0.05) is 12.1 Å². The van der Waals surface area contributed by atoms with Gasteiger partial charge < -0.3 is 23.8 Å². The Hall–Kier alpha value is -3.85. The molecule has 3 aliphatic rings. The van der Waals surface area contributed by atoms with Crippen LogP contribution in [-0.4, -0.2) is 51.0 Å². The van der Waals surface area contributed by atoms with E-state index in [9.17, 15) is 9.59 Å². The number of hydrogen-bond acceptors (Lipinski definition) is 7. The van der Waals surface area contributed by atoms with Gasteiger partial charge in [-0.15, -0.1) is 11.8 Å². The number of thioether (sulfide) groups is 1. The molecular weight excluding hydrogens is 480 g/mol. The summed E-state index contributed by atoms with van der Waals surface area (Å²) in [4.78, 5) is 31.9. The van der Waals surface area contributed by atoms with Gasteiger partial charge in [0.05, 0.1) is 0 Å². The Balaban J connectivity index is 1.41. The number of carbonyl (C=O) groups excluding carboxylic acids is 2. The highest BCUT2D eigenvalue weighted by atomic mass is 32.2. The van der Waals surface area contributed by atoms with Crippen molar-refractivity contribution in [2.45, 2.75) is 10.9 Å². The third-order valence-electron chi connectivity index (χ3n) is 6.39. The Kier molecular flexibility index (Phi) is 5.85. The lowest BCUT2D eigenvalue weighted by molar-refractivity contribution is -0.128. The van der Waals surface area contributed by atoms with Crippen LogP contribution in [0.15, 0.2) is 65.6 Å². The maximum Gasteiger partial charge on any atom is 0.255 e. The third-order valence-corrected chi connectivity index (χ3v) is 7.14. The lowest BCUT2D eigenvalue weighted by Crippen LogP contribution is -2.56. The van der Waals surface area contributed by atoms with Crippen LogP contribution < -0.4 is 28.7 Å². The zero-order chi connectivity index (χ0) is 24.6. The Morgan fingerprint density at radius 2 is 1.28 bits per heavy atom. The first-order valence-electron chi connectivity index (χ1n) is 11.7. The van der Waals surface area contributed by atoms with Gasteiger partial charge in [-0.25, -0.2) is 0 Å². The third kappa shape index (κ3) is 3.99. The summed E-state index contributed by atoms with van der Waals surface area (Å²) in [6, 6.07) is 17.5. The molecule has 0 radical (unpaired) electrons. The average molecular weight is 505 g/mol. The van der Waals surface area contributed by atoms with Gasteiger partial charge in [0, 0.05) is 28.4 Å². The van der Waals surface area contributed by atoms with E-state index in [-0.39, 0.29) is 18.4 Å². The Morgan fingerprint density at radius 3 is 1.89 bits per heavy atom. The number of carbonyl (C=O) groups is 2. The molecule has 3 heterocycles. The number of ether oxygens (including phenoxy) is 4. The first-order chi connectivity index (χ1) is 17.6. The fourth-order valence-electron chi connectivity index (χ4n) is 4.66. The smallest absolute Gasteiger partial charge is 0.255 e. The maximum atomic E-state index is 14.1. The van der Waals surface area contributed by atoms with Crippen molar-refractivity contribution in [2.24, 2.45) is 0 Å². The van der Waals surface area contributed by atoms with Crippen LogP contribution in [0.1, 0.15) is 11.6 Å². The zero-order valence-electron chi connectivity index (χ0n) is 19.6. The van der Waals surface area contributed by atoms with Crippen molar-refractivity contribution in [2.75, 3.05) is 49.0 Å². The second-order valence-corrected chi connectivity index (χ2v) is 9.40. The Morgan fingerprint density at radius 1 is 0.722 bits per heavy atom. The molecule has 8 nitrogen and oxygen atoms in total.